The summed E-state index contributed by atoms with van der Waals surface area (Å²) in [5, 5.41) is 2.09. The van der Waals surface area contributed by atoms with E-state index < -0.39 is 0 Å². The van der Waals surface area contributed by atoms with Gasteiger partial charge in [0.25, 0.3) is 0 Å². The van der Waals surface area contributed by atoms with Crippen molar-refractivity contribution in [3.63, 3.8) is 0 Å². The largest absolute Gasteiger partial charge is 0.488 e. The first kappa shape index (κ1) is 23.1. The van der Waals surface area contributed by atoms with Crippen LogP contribution in [0.4, 0.5) is 5.69 Å². The Morgan fingerprint density at radius 3 is 2.63 bits per heavy atom. The van der Waals surface area contributed by atoms with E-state index in [0.29, 0.717) is 6.61 Å². The number of hydrogen-bond acceptors (Lipinski definition) is 4. The lowest BCUT2D eigenvalue weighted by Crippen LogP contribution is -2.14. The molecule has 0 bridgehead atoms. The minimum atomic E-state index is -0.0674. The van der Waals surface area contributed by atoms with Crippen molar-refractivity contribution in [1.82, 2.24) is 0 Å². The molecule has 0 saturated carbocycles. The number of rotatable bonds is 10. The smallest absolute Gasteiger partial charge is 0.128 e. The zero-order valence-electron chi connectivity index (χ0n) is 17.4. The molecule has 3 nitrogen and oxygen atoms in total. The van der Waals surface area contributed by atoms with Crippen LogP contribution in [0, 0.1) is 6.92 Å². The van der Waals surface area contributed by atoms with Gasteiger partial charge in [0.05, 0.1) is 6.61 Å². The molecule has 1 unspecified atom stereocenters. The fourth-order valence-corrected chi connectivity index (χ4v) is 3.30. The van der Waals surface area contributed by atoms with Crippen LogP contribution < -0.4 is 5.73 Å². The van der Waals surface area contributed by atoms with Crippen molar-refractivity contribution in [2.45, 2.75) is 47.1 Å². The first-order chi connectivity index (χ1) is 13.0. The van der Waals surface area contributed by atoms with Crippen molar-refractivity contribution in [2.24, 2.45) is 0 Å². The minimum Gasteiger partial charge on any atom is -0.488 e. The number of methoxy groups -OCH3 is 1. The van der Waals surface area contributed by atoms with Gasteiger partial charge >= 0.3 is 0 Å². The summed E-state index contributed by atoms with van der Waals surface area (Å²) >= 11 is 1.71. The van der Waals surface area contributed by atoms with Crippen LogP contribution in [0.3, 0.4) is 0 Å². The number of thioether (sulfide) groups is 1. The van der Waals surface area contributed by atoms with Crippen molar-refractivity contribution < 1.29 is 9.47 Å². The van der Waals surface area contributed by atoms with E-state index in [1.807, 2.05) is 38.1 Å². The van der Waals surface area contributed by atoms with Crippen LogP contribution in [0.5, 0.6) is 0 Å². The van der Waals surface area contributed by atoms with Crippen LogP contribution in [0.1, 0.15) is 45.2 Å². The predicted molar refractivity (Wildman–Crippen MR) is 121 cm³/mol. The molecule has 0 aliphatic rings. The summed E-state index contributed by atoms with van der Waals surface area (Å²) in [6.07, 6.45) is 9.38. The van der Waals surface area contributed by atoms with Crippen LogP contribution in [0.2, 0.25) is 0 Å². The molecule has 1 rings (SSSR count). The summed E-state index contributed by atoms with van der Waals surface area (Å²) in [6.45, 7) is 10.8. The van der Waals surface area contributed by atoms with Gasteiger partial charge in [-0.3, -0.25) is 0 Å². The number of nitrogen functional groups attached to an aromatic ring is 1. The zero-order valence-corrected chi connectivity index (χ0v) is 18.2. The molecule has 0 fully saturated rings. The number of aryl methyl sites for hydroxylation is 1. The van der Waals surface area contributed by atoms with Crippen LogP contribution in [0.25, 0.3) is 5.76 Å². The van der Waals surface area contributed by atoms with E-state index in [1.165, 1.54) is 4.91 Å². The molecule has 0 heterocycles. The van der Waals surface area contributed by atoms with Crippen molar-refractivity contribution in [2.75, 3.05) is 19.5 Å². The highest BCUT2D eigenvalue weighted by atomic mass is 32.2. The minimum absolute atomic E-state index is 0.0674. The number of allylic oxidation sites excluding steroid dienone is 5. The van der Waals surface area contributed by atoms with Gasteiger partial charge in [-0.2, -0.15) is 0 Å². The highest BCUT2D eigenvalue weighted by Gasteiger charge is 2.14. The maximum absolute atomic E-state index is 6.27. The second-order valence-corrected chi connectivity index (χ2v) is 7.22. The van der Waals surface area contributed by atoms with E-state index in [2.05, 4.69) is 44.4 Å². The Labute approximate surface area is 169 Å². The summed E-state index contributed by atoms with van der Waals surface area (Å²) in [5.74, 6) is 0.810. The van der Waals surface area contributed by atoms with Crippen molar-refractivity contribution >= 4 is 23.2 Å². The average molecular weight is 388 g/mol. The van der Waals surface area contributed by atoms with Gasteiger partial charge in [-0.25, -0.2) is 0 Å². The van der Waals surface area contributed by atoms with E-state index in [-0.39, 0.29) is 6.10 Å². The van der Waals surface area contributed by atoms with Gasteiger partial charge in [0.1, 0.15) is 11.9 Å². The Hall–Kier alpha value is -1.91. The van der Waals surface area contributed by atoms with E-state index >= 15 is 0 Å². The van der Waals surface area contributed by atoms with Gasteiger partial charge < -0.3 is 15.2 Å². The molecule has 1 aromatic carbocycles. The predicted octanol–water partition coefficient (Wildman–Crippen LogP) is 6.48. The molecule has 27 heavy (non-hydrogen) atoms. The van der Waals surface area contributed by atoms with Crippen LogP contribution >= 0.6 is 11.8 Å². The van der Waals surface area contributed by atoms with Crippen LogP contribution in [-0.4, -0.2) is 19.8 Å². The Balaban J connectivity index is 3.44. The second kappa shape index (κ2) is 12.5. The maximum Gasteiger partial charge on any atom is 0.128 e. The molecule has 0 saturated heterocycles. The van der Waals surface area contributed by atoms with Gasteiger partial charge in [0, 0.05) is 23.3 Å². The third-order valence-corrected chi connectivity index (χ3v) is 4.98. The average Bonchev–Trinajstić information content (AvgIpc) is 2.64. The van der Waals surface area contributed by atoms with Gasteiger partial charge in [0.15, 0.2) is 0 Å². The van der Waals surface area contributed by atoms with Crippen molar-refractivity contribution in [1.29, 1.82) is 0 Å². The summed E-state index contributed by atoms with van der Waals surface area (Å²) in [4.78, 5) is 1.19. The Kier molecular flexibility index (Phi) is 10.7. The second-order valence-electron chi connectivity index (χ2n) is 6.27. The molecular formula is C23H33NO2S. The molecule has 0 spiro atoms. The Morgan fingerprint density at radius 2 is 2.04 bits per heavy atom. The van der Waals surface area contributed by atoms with E-state index in [9.17, 15) is 0 Å². The molecule has 2 N–H and O–H groups in total. The number of anilines is 1. The van der Waals surface area contributed by atoms with E-state index in [1.54, 1.807) is 18.9 Å². The van der Waals surface area contributed by atoms with Gasteiger partial charge in [-0.05, 0) is 68.9 Å². The van der Waals surface area contributed by atoms with Gasteiger partial charge in [-0.1, -0.05) is 43.0 Å². The molecule has 0 aromatic heterocycles. The fraction of sp³-hybridized carbons (Fsp3) is 0.391. The molecular weight excluding hydrogens is 354 g/mol. The number of hydrogen-bond donors (Lipinski definition) is 1. The standard InChI is InChI=1S/C23H33NO2S/c1-7-10-19(23(9-3)27-13-8-2)14-22(26-18(5)16-25-6)21-15-20(24)12-11-17(21)4/h8-15,18H,7,16,24H2,1-6H3/b13-8-,19-10-,22-14+,23-9-. The third-order valence-electron chi connectivity index (χ3n) is 3.85. The lowest BCUT2D eigenvalue weighted by molar-refractivity contribution is 0.0747. The highest BCUT2D eigenvalue weighted by Crippen LogP contribution is 2.31. The van der Waals surface area contributed by atoms with Crippen LogP contribution in [0.15, 0.2) is 58.4 Å². The number of benzene rings is 1. The normalized spacial score (nSPS) is 14.7. The molecule has 0 aliphatic heterocycles. The number of ether oxygens (including phenoxy) is 2. The molecule has 0 radical (unpaired) electrons. The third kappa shape index (κ3) is 7.69. The zero-order chi connectivity index (χ0) is 20.2. The SMILES string of the molecule is C/C=C\SC(=C\C)/C(=C\CC)/C=C(/OC(C)COC)c1cc(N)ccc1C. The molecule has 1 aromatic rings. The molecule has 1 atom stereocenters. The summed E-state index contributed by atoms with van der Waals surface area (Å²) in [6, 6.07) is 5.91. The summed E-state index contributed by atoms with van der Waals surface area (Å²) in [5.41, 5.74) is 10.0. The van der Waals surface area contributed by atoms with E-state index in [4.69, 9.17) is 15.2 Å². The molecule has 148 valence electrons. The van der Waals surface area contributed by atoms with Crippen molar-refractivity contribution in [3.05, 3.63) is 69.5 Å². The van der Waals surface area contributed by atoms with Gasteiger partial charge in [-0.15, -0.1) is 0 Å². The Bertz CT molecular complexity index is 717. The Morgan fingerprint density at radius 1 is 1.30 bits per heavy atom. The van der Waals surface area contributed by atoms with Crippen molar-refractivity contribution in [3.8, 4) is 0 Å². The lowest BCUT2D eigenvalue weighted by atomic mass is 10.0. The molecule has 0 aliphatic carbocycles. The van der Waals surface area contributed by atoms with Crippen LogP contribution in [-0.2, 0) is 9.47 Å². The summed E-state index contributed by atoms with van der Waals surface area (Å²) in [7, 11) is 1.68. The monoisotopic (exact) mass is 387 g/mol. The summed E-state index contributed by atoms with van der Waals surface area (Å²) < 4.78 is 11.5. The topological polar surface area (TPSA) is 44.5 Å². The number of nitrogens with two attached hydrogens (primary N) is 1. The maximum atomic E-state index is 6.27. The molecule has 4 heteroatoms. The first-order valence-electron chi connectivity index (χ1n) is 9.35. The lowest BCUT2D eigenvalue weighted by Gasteiger charge is -2.20. The van der Waals surface area contributed by atoms with E-state index in [0.717, 1.165) is 34.6 Å². The fourth-order valence-electron chi connectivity index (χ4n) is 2.60. The molecule has 0 amide bonds. The first-order valence-corrected chi connectivity index (χ1v) is 10.2. The quantitative estimate of drug-likeness (QED) is 0.284. The highest BCUT2D eigenvalue weighted by molar-refractivity contribution is 8.06. The van der Waals surface area contributed by atoms with Gasteiger partial charge in [0.2, 0.25) is 0 Å².